The first-order valence-electron chi connectivity index (χ1n) is 4.74. The van der Waals surface area contributed by atoms with E-state index in [4.69, 9.17) is 27.3 Å². The summed E-state index contributed by atoms with van der Waals surface area (Å²) >= 11 is 5.63. The van der Waals surface area contributed by atoms with E-state index in [1.54, 1.807) is 6.07 Å². The minimum atomic E-state index is -0.703. The Morgan fingerprint density at radius 3 is 2.67 bits per heavy atom. The lowest BCUT2D eigenvalue weighted by Gasteiger charge is -2.08. The van der Waals surface area contributed by atoms with Crippen molar-refractivity contribution in [2.24, 2.45) is 0 Å². The SMILES string of the molecule is N#Cc1cnc(Oc2c(N)cc(Cl)cc2F)cn1. The third-order valence-corrected chi connectivity index (χ3v) is 2.20. The lowest BCUT2D eigenvalue weighted by molar-refractivity contribution is 0.427. The topological polar surface area (TPSA) is 84.8 Å². The van der Waals surface area contributed by atoms with Crippen molar-refractivity contribution in [1.29, 1.82) is 5.26 Å². The molecule has 0 spiro atoms. The summed E-state index contributed by atoms with van der Waals surface area (Å²) in [4.78, 5) is 7.52. The van der Waals surface area contributed by atoms with Gasteiger partial charge in [-0.15, -0.1) is 0 Å². The smallest absolute Gasteiger partial charge is 0.238 e. The molecule has 18 heavy (non-hydrogen) atoms. The van der Waals surface area contributed by atoms with Crippen LogP contribution in [0.15, 0.2) is 24.5 Å². The van der Waals surface area contributed by atoms with E-state index in [0.29, 0.717) is 0 Å². The standard InChI is InChI=1S/C11H6ClFN4O/c12-6-1-8(13)11(9(15)2-6)18-10-5-16-7(3-14)4-17-10/h1-2,4-5H,15H2. The van der Waals surface area contributed by atoms with Crippen molar-refractivity contribution in [3.63, 3.8) is 0 Å². The highest BCUT2D eigenvalue weighted by molar-refractivity contribution is 6.30. The summed E-state index contributed by atoms with van der Waals surface area (Å²) < 4.78 is 18.7. The predicted molar refractivity (Wildman–Crippen MR) is 62.6 cm³/mol. The summed E-state index contributed by atoms with van der Waals surface area (Å²) in [5.41, 5.74) is 5.75. The zero-order valence-electron chi connectivity index (χ0n) is 8.89. The molecule has 90 valence electrons. The van der Waals surface area contributed by atoms with E-state index >= 15 is 0 Å². The molecule has 0 aliphatic heterocycles. The molecule has 0 saturated carbocycles. The largest absolute Gasteiger partial charge is 0.432 e. The Hall–Kier alpha value is -2.39. The number of halogens is 2. The van der Waals surface area contributed by atoms with E-state index in [-0.39, 0.29) is 28.0 Å². The van der Waals surface area contributed by atoms with Crippen LogP contribution in [0, 0.1) is 17.1 Å². The van der Waals surface area contributed by atoms with Gasteiger partial charge in [0.1, 0.15) is 6.07 Å². The van der Waals surface area contributed by atoms with Gasteiger partial charge in [0, 0.05) is 5.02 Å². The summed E-state index contributed by atoms with van der Waals surface area (Å²) in [6.07, 6.45) is 2.41. The van der Waals surface area contributed by atoms with Crippen molar-refractivity contribution in [2.75, 3.05) is 5.73 Å². The van der Waals surface area contributed by atoms with Gasteiger partial charge in [0.2, 0.25) is 5.88 Å². The molecule has 1 aromatic carbocycles. The lowest BCUT2D eigenvalue weighted by atomic mass is 10.3. The molecule has 7 heteroatoms. The van der Waals surface area contributed by atoms with Gasteiger partial charge in [-0.1, -0.05) is 11.6 Å². The van der Waals surface area contributed by atoms with E-state index in [2.05, 4.69) is 9.97 Å². The fourth-order valence-corrected chi connectivity index (χ4v) is 1.43. The molecule has 0 aliphatic carbocycles. The molecule has 0 aliphatic rings. The first-order valence-corrected chi connectivity index (χ1v) is 5.12. The molecule has 0 atom stereocenters. The Morgan fingerprint density at radius 2 is 2.11 bits per heavy atom. The second kappa shape index (κ2) is 4.85. The highest BCUT2D eigenvalue weighted by Gasteiger charge is 2.11. The molecule has 1 aromatic heterocycles. The van der Waals surface area contributed by atoms with Crippen molar-refractivity contribution in [1.82, 2.24) is 9.97 Å². The van der Waals surface area contributed by atoms with E-state index in [9.17, 15) is 4.39 Å². The van der Waals surface area contributed by atoms with Crippen molar-refractivity contribution in [3.05, 3.63) is 41.1 Å². The summed E-state index contributed by atoms with van der Waals surface area (Å²) in [5.74, 6) is -0.855. The molecule has 2 rings (SSSR count). The van der Waals surface area contributed by atoms with Crippen LogP contribution in [0.2, 0.25) is 5.02 Å². The lowest BCUT2D eigenvalue weighted by Crippen LogP contribution is -1.97. The second-order valence-electron chi connectivity index (χ2n) is 3.26. The third kappa shape index (κ3) is 2.47. The van der Waals surface area contributed by atoms with Crippen LogP contribution in [0.3, 0.4) is 0 Å². The van der Waals surface area contributed by atoms with Crippen LogP contribution in [-0.2, 0) is 0 Å². The van der Waals surface area contributed by atoms with E-state index in [1.807, 2.05) is 0 Å². The minimum Gasteiger partial charge on any atom is -0.432 e. The van der Waals surface area contributed by atoms with Gasteiger partial charge < -0.3 is 10.5 Å². The monoisotopic (exact) mass is 264 g/mol. The minimum absolute atomic E-state index is 0.0296. The maximum absolute atomic E-state index is 13.6. The van der Waals surface area contributed by atoms with Crippen LogP contribution >= 0.6 is 11.6 Å². The van der Waals surface area contributed by atoms with Crippen LogP contribution < -0.4 is 10.5 Å². The highest BCUT2D eigenvalue weighted by atomic mass is 35.5. The van der Waals surface area contributed by atoms with Gasteiger partial charge in [-0.2, -0.15) is 5.26 Å². The Kier molecular flexibility index (Phi) is 3.26. The van der Waals surface area contributed by atoms with Crippen molar-refractivity contribution in [2.45, 2.75) is 0 Å². The van der Waals surface area contributed by atoms with E-state index in [1.165, 1.54) is 18.5 Å². The van der Waals surface area contributed by atoms with Crippen molar-refractivity contribution in [3.8, 4) is 17.7 Å². The summed E-state index contributed by atoms with van der Waals surface area (Å²) in [6, 6.07) is 4.23. The van der Waals surface area contributed by atoms with Gasteiger partial charge in [-0.05, 0) is 12.1 Å². The van der Waals surface area contributed by atoms with Crippen LogP contribution in [-0.4, -0.2) is 9.97 Å². The number of nitrogens with zero attached hydrogens (tertiary/aromatic N) is 3. The van der Waals surface area contributed by atoms with Gasteiger partial charge in [-0.3, -0.25) is 0 Å². The normalized spacial score (nSPS) is 9.83. The van der Waals surface area contributed by atoms with Crippen molar-refractivity contribution >= 4 is 17.3 Å². The molecule has 0 bridgehead atoms. The average molecular weight is 265 g/mol. The summed E-state index contributed by atoms with van der Waals surface area (Å²) in [7, 11) is 0. The first kappa shape index (κ1) is 12.1. The van der Waals surface area contributed by atoms with Crippen molar-refractivity contribution < 1.29 is 9.13 Å². The second-order valence-corrected chi connectivity index (χ2v) is 3.70. The molecule has 2 N–H and O–H groups in total. The van der Waals surface area contributed by atoms with E-state index in [0.717, 1.165) is 6.07 Å². The zero-order valence-corrected chi connectivity index (χ0v) is 9.65. The number of ether oxygens (including phenoxy) is 1. The zero-order chi connectivity index (χ0) is 13.1. The average Bonchev–Trinajstić information content (AvgIpc) is 2.34. The van der Waals surface area contributed by atoms with Gasteiger partial charge in [0.25, 0.3) is 0 Å². The Balaban J connectivity index is 2.31. The summed E-state index contributed by atoms with van der Waals surface area (Å²) in [6.45, 7) is 0. The quantitative estimate of drug-likeness (QED) is 0.843. The molecule has 0 amide bonds. The number of hydrogen-bond donors (Lipinski definition) is 1. The molecule has 0 fully saturated rings. The maximum Gasteiger partial charge on any atom is 0.238 e. The number of rotatable bonds is 2. The maximum atomic E-state index is 13.6. The highest BCUT2D eigenvalue weighted by Crippen LogP contribution is 2.31. The molecule has 0 unspecified atom stereocenters. The molecular weight excluding hydrogens is 259 g/mol. The number of nitrogen functional groups attached to an aromatic ring is 1. The third-order valence-electron chi connectivity index (χ3n) is 1.99. The molecule has 2 aromatic rings. The fourth-order valence-electron chi connectivity index (χ4n) is 1.22. The van der Waals surface area contributed by atoms with Crippen LogP contribution in [0.1, 0.15) is 5.69 Å². The van der Waals surface area contributed by atoms with Gasteiger partial charge >= 0.3 is 0 Å². The number of nitriles is 1. The number of hydrogen-bond acceptors (Lipinski definition) is 5. The number of benzene rings is 1. The van der Waals surface area contributed by atoms with Crippen LogP contribution in [0.25, 0.3) is 0 Å². The number of nitrogens with two attached hydrogens (primary N) is 1. The molecule has 0 saturated heterocycles. The predicted octanol–water partition coefficient (Wildman–Crippen LogP) is 2.52. The summed E-state index contributed by atoms with van der Waals surface area (Å²) in [5, 5.41) is 8.72. The van der Waals surface area contributed by atoms with Gasteiger partial charge in [-0.25, -0.2) is 14.4 Å². The molecule has 1 heterocycles. The number of anilines is 1. The Labute approximate surface area is 107 Å². The first-order chi connectivity index (χ1) is 8.60. The molecular formula is C11H6ClFN4O. The van der Waals surface area contributed by atoms with Crippen LogP contribution in [0.5, 0.6) is 11.6 Å². The molecule has 5 nitrogen and oxygen atoms in total. The Bertz CT molecular complexity index is 601. The number of aromatic nitrogens is 2. The van der Waals surface area contributed by atoms with Gasteiger partial charge in [0.15, 0.2) is 17.3 Å². The molecule has 0 radical (unpaired) electrons. The van der Waals surface area contributed by atoms with E-state index < -0.39 is 5.82 Å². The van der Waals surface area contributed by atoms with Gasteiger partial charge in [0.05, 0.1) is 18.1 Å². The fraction of sp³-hybridized carbons (Fsp3) is 0. The van der Waals surface area contributed by atoms with Crippen LogP contribution in [0.4, 0.5) is 10.1 Å². The Morgan fingerprint density at radius 1 is 1.33 bits per heavy atom.